The summed E-state index contributed by atoms with van der Waals surface area (Å²) in [5.74, 6) is -3.05. The van der Waals surface area contributed by atoms with Gasteiger partial charge >= 0.3 is 23.9 Å². The van der Waals surface area contributed by atoms with Crippen LogP contribution in [0.1, 0.15) is 64.4 Å². The molecule has 1 heterocycles. The minimum Gasteiger partial charge on any atom is -0.467 e. The maximum atomic E-state index is 12.6. The van der Waals surface area contributed by atoms with Crippen molar-refractivity contribution in [3.05, 3.63) is 29.8 Å². The Morgan fingerprint density at radius 3 is 1.95 bits per heavy atom. The van der Waals surface area contributed by atoms with Crippen LogP contribution in [0.4, 0.5) is 0 Å². The van der Waals surface area contributed by atoms with Gasteiger partial charge in [-0.3, -0.25) is 14.4 Å². The molecular formula is C29H41NO11. The summed E-state index contributed by atoms with van der Waals surface area (Å²) in [5, 5.41) is 11.5. The topological polar surface area (TPSA) is 147 Å². The molecule has 1 aliphatic heterocycles. The third-order valence-electron chi connectivity index (χ3n) is 7.29. The van der Waals surface area contributed by atoms with Gasteiger partial charge in [0.25, 0.3) is 0 Å². The van der Waals surface area contributed by atoms with E-state index in [0.717, 1.165) is 65.5 Å². The predicted molar refractivity (Wildman–Crippen MR) is 144 cm³/mol. The second kappa shape index (κ2) is 14.1. The average Bonchev–Trinajstić information content (AvgIpc) is 2.90. The first kappa shape index (κ1) is 32.3. The lowest BCUT2D eigenvalue weighted by atomic mass is 9.72. The first-order valence-electron chi connectivity index (χ1n) is 13.7. The summed E-state index contributed by atoms with van der Waals surface area (Å²) in [7, 11) is 5.05. The molecule has 0 aromatic heterocycles. The summed E-state index contributed by atoms with van der Waals surface area (Å²) >= 11 is 0. The van der Waals surface area contributed by atoms with Gasteiger partial charge in [-0.25, -0.2) is 4.79 Å². The Morgan fingerprint density at radius 2 is 1.44 bits per heavy atom. The number of hydrogen-bond donors (Lipinski definition) is 1. The lowest BCUT2D eigenvalue weighted by Gasteiger charge is -2.43. The number of likely N-dealkylation sites (N-methyl/N-ethyl adjacent to an activating group) is 1. The second-order valence-electron chi connectivity index (χ2n) is 10.8. The van der Waals surface area contributed by atoms with Crippen molar-refractivity contribution < 1.29 is 52.7 Å². The summed E-state index contributed by atoms with van der Waals surface area (Å²) in [5.41, 5.74) is 0.103. The second-order valence-corrected chi connectivity index (χ2v) is 10.8. The highest BCUT2D eigenvalue weighted by atomic mass is 16.7. The van der Waals surface area contributed by atoms with Gasteiger partial charge in [-0.15, -0.1) is 0 Å². The minimum absolute atomic E-state index is 0.131. The van der Waals surface area contributed by atoms with Crippen LogP contribution in [0.2, 0.25) is 0 Å². The van der Waals surface area contributed by atoms with E-state index >= 15 is 0 Å². The SMILES string of the molecule is COC(=O)C1O[C@@H](Oc2ccc(C(CN(C)C)C3(O)CCCCC3)cc2)C(OC(C)=O)C(OC(C)=O)[C@@H]1OC(C)=O. The Labute approximate surface area is 240 Å². The number of carbonyl (C=O) groups excluding carboxylic acids is 4. The fraction of sp³-hybridized carbons (Fsp3) is 0.655. The van der Waals surface area contributed by atoms with Gasteiger partial charge in [-0.1, -0.05) is 31.4 Å². The number of ether oxygens (including phenoxy) is 6. The third kappa shape index (κ3) is 8.40. The van der Waals surface area contributed by atoms with Gasteiger partial charge in [-0.05, 0) is 44.6 Å². The number of nitrogens with zero attached hydrogens (tertiary/aromatic N) is 1. The molecule has 4 unspecified atom stereocenters. The van der Waals surface area contributed by atoms with E-state index in [0.29, 0.717) is 12.3 Å². The molecule has 12 nitrogen and oxygen atoms in total. The number of esters is 4. The predicted octanol–water partition coefficient (Wildman–Crippen LogP) is 2.10. The number of hydrogen-bond acceptors (Lipinski definition) is 12. The molecule has 228 valence electrons. The summed E-state index contributed by atoms with van der Waals surface area (Å²) < 4.78 is 32.8. The van der Waals surface area contributed by atoms with Gasteiger partial charge in [0.15, 0.2) is 18.3 Å². The molecule has 2 fully saturated rings. The third-order valence-corrected chi connectivity index (χ3v) is 7.29. The highest BCUT2D eigenvalue weighted by molar-refractivity contribution is 5.77. The number of benzene rings is 1. The van der Waals surface area contributed by atoms with Gasteiger partial charge in [-0.2, -0.15) is 0 Å². The van der Waals surface area contributed by atoms with E-state index in [2.05, 4.69) is 0 Å². The maximum absolute atomic E-state index is 12.6. The number of rotatable bonds is 10. The van der Waals surface area contributed by atoms with E-state index in [1.54, 1.807) is 12.1 Å². The van der Waals surface area contributed by atoms with Crippen molar-refractivity contribution in [2.75, 3.05) is 27.7 Å². The Hall–Kier alpha value is -3.22. The molecule has 0 spiro atoms. The summed E-state index contributed by atoms with van der Waals surface area (Å²) in [6.45, 7) is 4.03. The Bertz CT molecular complexity index is 1070. The van der Waals surface area contributed by atoms with Crippen LogP contribution in [-0.4, -0.2) is 97.9 Å². The molecule has 0 radical (unpaired) electrons. The molecule has 6 atom stereocenters. The zero-order chi connectivity index (χ0) is 30.3. The van der Waals surface area contributed by atoms with Crippen LogP contribution >= 0.6 is 0 Å². The van der Waals surface area contributed by atoms with Gasteiger partial charge in [0.1, 0.15) is 5.75 Å². The van der Waals surface area contributed by atoms with E-state index in [1.165, 1.54) is 0 Å². The first-order valence-corrected chi connectivity index (χ1v) is 13.7. The van der Waals surface area contributed by atoms with Gasteiger partial charge in [0, 0.05) is 33.2 Å². The van der Waals surface area contributed by atoms with Crippen molar-refractivity contribution in [2.45, 2.75) is 95.1 Å². The number of carbonyl (C=O) groups is 4. The van der Waals surface area contributed by atoms with Crippen molar-refractivity contribution in [3.63, 3.8) is 0 Å². The zero-order valence-electron chi connectivity index (χ0n) is 24.5. The normalized spacial score (nSPS) is 26.4. The zero-order valence-corrected chi connectivity index (χ0v) is 24.5. The summed E-state index contributed by atoms with van der Waals surface area (Å²) in [4.78, 5) is 50.6. The van der Waals surface area contributed by atoms with Crippen molar-refractivity contribution >= 4 is 23.9 Å². The van der Waals surface area contributed by atoms with Crippen molar-refractivity contribution in [1.29, 1.82) is 0 Å². The smallest absolute Gasteiger partial charge is 0.339 e. The van der Waals surface area contributed by atoms with Crippen LogP contribution in [0.3, 0.4) is 0 Å². The van der Waals surface area contributed by atoms with Crippen LogP contribution in [0.5, 0.6) is 5.75 Å². The minimum atomic E-state index is -1.55. The average molecular weight is 580 g/mol. The molecule has 1 saturated carbocycles. The van der Waals surface area contributed by atoms with Gasteiger partial charge in [0.05, 0.1) is 12.7 Å². The van der Waals surface area contributed by atoms with Crippen molar-refractivity contribution in [2.24, 2.45) is 0 Å². The Balaban J connectivity index is 1.94. The Kier molecular flexibility index (Phi) is 11.1. The lowest BCUT2D eigenvalue weighted by molar-refractivity contribution is -0.282. The largest absolute Gasteiger partial charge is 0.467 e. The van der Waals surface area contributed by atoms with E-state index in [1.807, 2.05) is 31.1 Å². The quantitative estimate of drug-likeness (QED) is 0.320. The molecule has 1 saturated heterocycles. The van der Waals surface area contributed by atoms with Crippen LogP contribution in [0.15, 0.2) is 24.3 Å². The molecule has 2 aliphatic rings. The van der Waals surface area contributed by atoms with E-state index in [-0.39, 0.29) is 5.92 Å². The molecule has 1 aromatic rings. The summed E-state index contributed by atoms with van der Waals surface area (Å²) in [6, 6.07) is 7.07. The highest BCUT2D eigenvalue weighted by Gasteiger charge is 2.55. The van der Waals surface area contributed by atoms with Crippen molar-refractivity contribution in [1.82, 2.24) is 4.90 Å². The van der Waals surface area contributed by atoms with Crippen LogP contribution < -0.4 is 4.74 Å². The van der Waals surface area contributed by atoms with E-state index in [9.17, 15) is 24.3 Å². The monoisotopic (exact) mass is 579 g/mol. The molecule has 1 aliphatic carbocycles. The molecule has 3 rings (SSSR count). The van der Waals surface area contributed by atoms with Crippen molar-refractivity contribution in [3.8, 4) is 5.75 Å². The van der Waals surface area contributed by atoms with Crippen LogP contribution in [-0.2, 0) is 42.9 Å². The van der Waals surface area contributed by atoms with E-state index < -0.39 is 60.2 Å². The standard InChI is InChI=1S/C29H41NO11/c1-17(31)37-23-24(38-18(2)32)26(39-19(3)33)28(41-25(23)27(34)36-6)40-21-12-10-20(11-13-21)22(16-30(4)5)29(35)14-8-7-9-15-29/h10-13,22-26,28,35H,7-9,14-16H2,1-6H3/t22?,23-,24?,25?,26?,28+/m0/s1. The maximum Gasteiger partial charge on any atom is 0.339 e. The molecule has 1 N–H and O–H groups in total. The number of methoxy groups -OCH3 is 1. The number of aliphatic hydroxyl groups is 1. The molecule has 12 heteroatoms. The molecule has 0 bridgehead atoms. The molecule has 1 aromatic carbocycles. The highest BCUT2D eigenvalue weighted by Crippen LogP contribution is 2.41. The van der Waals surface area contributed by atoms with Crippen LogP contribution in [0, 0.1) is 0 Å². The molecule has 41 heavy (non-hydrogen) atoms. The summed E-state index contributed by atoms with van der Waals surface area (Å²) in [6.07, 6.45) is -2.81. The fourth-order valence-corrected chi connectivity index (χ4v) is 5.55. The fourth-order valence-electron chi connectivity index (χ4n) is 5.55. The molecular weight excluding hydrogens is 538 g/mol. The van der Waals surface area contributed by atoms with E-state index in [4.69, 9.17) is 28.4 Å². The lowest BCUT2D eigenvalue weighted by Crippen LogP contribution is -2.64. The van der Waals surface area contributed by atoms with Gasteiger partial charge in [0.2, 0.25) is 12.4 Å². The Morgan fingerprint density at radius 1 is 0.902 bits per heavy atom. The molecule has 0 amide bonds. The first-order chi connectivity index (χ1) is 19.3. The van der Waals surface area contributed by atoms with Gasteiger partial charge < -0.3 is 38.4 Å². The van der Waals surface area contributed by atoms with Crippen LogP contribution in [0.25, 0.3) is 0 Å².